The van der Waals surface area contributed by atoms with E-state index in [1.54, 1.807) is 0 Å². The summed E-state index contributed by atoms with van der Waals surface area (Å²) in [6.45, 7) is 0. The van der Waals surface area contributed by atoms with Crippen LogP contribution in [0.15, 0.2) is 43.0 Å². The number of anilines is 1. The Balaban J connectivity index is 1.36. The molecule has 2 aliphatic carbocycles. The number of hydrogen-bond acceptors (Lipinski definition) is 6. The van der Waals surface area contributed by atoms with Crippen molar-refractivity contribution in [3.63, 3.8) is 0 Å². The standard InChI is InChI=1S/C20H23N5O2/c21-18-14-4-6-25(19(14)24-11-23-18)15-10-20(17(27)16(15)26)8-12(9-20)7-13-3-1-2-5-22-13/h1-6,11-12,15-17,26-27H,7-10H2,(H2,21,23,24)/t12-,15-,16+,17+,20-/m1/s1. The number of pyridine rings is 1. The molecule has 2 saturated carbocycles. The fraction of sp³-hybridized carbons (Fsp3) is 0.450. The van der Waals surface area contributed by atoms with Crippen LogP contribution >= 0.6 is 0 Å². The third-order valence-corrected chi connectivity index (χ3v) is 6.47. The Labute approximate surface area is 156 Å². The van der Waals surface area contributed by atoms with Crippen molar-refractivity contribution in [1.29, 1.82) is 0 Å². The Morgan fingerprint density at radius 1 is 1.11 bits per heavy atom. The molecule has 0 saturated heterocycles. The highest BCUT2D eigenvalue weighted by Gasteiger charge is 2.59. The van der Waals surface area contributed by atoms with E-state index >= 15 is 0 Å². The van der Waals surface area contributed by atoms with Crippen LogP contribution in [0.1, 0.15) is 31.0 Å². The summed E-state index contributed by atoms with van der Waals surface area (Å²) >= 11 is 0. The van der Waals surface area contributed by atoms with Gasteiger partial charge in [-0.15, -0.1) is 0 Å². The van der Waals surface area contributed by atoms with Gasteiger partial charge in [0, 0.05) is 23.5 Å². The first-order valence-electron chi connectivity index (χ1n) is 9.40. The Morgan fingerprint density at radius 2 is 1.96 bits per heavy atom. The summed E-state index contributed by atoms with van der Waals surface area (Å²) in [5, 5.41) is 22.4. The summed E-state index contributed by atoms with van der Waals surface area (Å²) in [4.78, 5) is 12.8. The topological polar surface area (TPSA) is 110 Å². The lowest BCUT2D eigenvalue weighted by Gasteiger charge is -2.47. The number of aliphatic hydroxyl groups is 2. The normalized spacial score (nSPS) is 32.8. The van der Waals surface area contributed by atoms with Gasteiger partial charge in [-0.2, -0.15) is 0 Å². The molecule has 7 heteroatoms. The summed E-state index contributed by atoms with van der Waals surface area (Å²) in [5.41, 5.74) is 7.50. The first-order valence-corrected chi connectivity index (χ1v) is 9.40. The summed E-state index contributed by atoms with van der Waals surface area (Å²) < 4.78 is 1.95. The van der Waals surface area contributed by atoms with Crippen molar-refractivity contribution < 1.29 is 10.2 Å². The molecule has 3 aromatic rings. The van der Waals surface area contributed by atoms with Gasteiger partial charge in [-0.05, 0) is 49.8 Å². The molecule has 0 bridgehead atoms. The van der Waals surface area contributed by atoms with Gasteiger partial charge in [0.2, 0.25) is 0 Å². The Bertz CT molecular complexity index is 967. The molecule has 0 aromatic carbocycles. The molecule has 4 N–H and O–H groups in total. The molecule has 1 spiro atoms. The van der Waals surface area contributed by atoms with E-state index in [0.717, 1.165) is 36.8 Å². The fourth-order valence-corrected chi connectivity index (χ4v) is 5.21. The van der Waals surface area contributed by atoms with Crippen molar-refractivity contribution >= 4 is 16.9 Å². The van der Waals surface area contributed by atoms with Crippen molar-refractivity contribution in [2.75, 3.05) is 5.73 Å². The number of aromatic nitrogens is 4. The maximum atomic E-state index is 10.8. The van der Waals surface area contributed by atoms with E-state index in [4.69, 9.17) is 5.73 Å². The van der Waals surface area contributed by atoms with Gasteiger partial charge in [-0.1, -0.05) is 6.07 Å². The van der Waals surface area contributed by atoms with Gasteiger partial charge in [0.1, 0.15) is 23.9 Å². The minimum Gasteiger partial charge on any atom is -0.390 e. The largest absolute Gasteiger partial charge is 0.390 e. The minimum absolute atomic E-state index is 0.206. The molecule has 0 radical (unpaired) electrons. The number of aliphatic hydroxyl groups excluding tert-OH is 2. The molecule has 0 amide bonds. The van der Waals surface area contributed by atoms with Crippen LogP contribution in [0.5, 0.6) is 0 Å². The maximum Gasteiger partial charge on any atom is 0.145 e. The quantitative estimate of drug-likeness (QED) is 0.652. The molecule has 7 nitrogen and oxygen atoms in total. The van der Waals surface area contributed by atoms with Gasteiger partial charge in [-0.3, -0.25) is 4.98 Å². The molecule has 0 unspecified atom stereocenters. The highest BCUT2D eigenvalue weighted by atomic mass is 16.3. The second kappa shape index (κ2) is 6.00. The minimum atomic E-state index is -0.812. The number of hydrogen-bond donors (Lipinski definition) is 3. The molecular weight excluding hydrogens is 342 g/mol. The smallest absolute Gasteiger partial charge is 0.145 e. The van der Waals surface area contributed by atoms with Crippen LogP contribution in [-0.2, 0) is 6.42 Å². The van der Waals surface area contributed by atoms with E-state index in [9.17, 15) is 10.2 Å². The molecule has 3 atom stereocenters. The van der Waals surface area contributed by atoms with E-state index in [2.05, 4.69) is 15.0 Å². The van der Waals surface area contributed by atoms with Crippen molar-refractivity contribution in [3.8, 4) is 0 Å². The average molecular weight is 365 g/mol. The van der Waals surface area contributed by atoms with Crippen LogP contribution in [0.3, 0.4) is 0 Å². The van der Waals surface area contributed by atoms with Crippen LogP contribution in [0.25, 0.3) is 11.0 Å². The average Bonchev–Trinajstić information content (AvgIpc) is 3.18. The van der Waals surface area contributed by atoms with Gasteiger partial charge >= 0.3 is 0 Å². The lowest BCUT2D eigenvalue weighted by atomic mass is 9.58. The van der Waals surface area contributed by atoms with Gasteiger partial charge in [0.15, 0.2) is 0 Å². The monoisotopic (exact) mass is 365 g/mol. The molecule has 3 aromatic heterocycles. The summed E-state index contributed by atoms with van der Waals surface area (Å²) in [5.74, 6) is 0.931. The molecule has 2 fully saturated rings. The number of fused-ring (bicyclic) bond motifs is 1. The van der Waals surface area contributed by atoms with Gasteiger partial charge in [0.05, 0.1) is 17.5 Å². The van der Waals surface area contributed by atoms with E-state index in [-0.39, 0.29) is 11.5 Å². The fourth-order valence-electron chi connectivity index (χ4n) is 5.21. The van der Waals surface area contributed by atoms with Crippen LogP contribution in [-0.4, -0.2) is 41.9 Å². The second-order valence-electron chi connectivity index (χ2n) is 8.09. The van der Waals surface area contributed by atoms with Crippen LogP contribution in [0.4, 0.5) is 5.82 Å². The highest BCUT2D eigenvalue weighted by molar-refractivity contribution is 5.86. The zero-order valence-corrected chi connectivity index (χ0v) is 14.9. The first-order chi connectivity index (χ1) is 13.1. The van der Waals surface area contributed by atoms with E-state index < -0.39 is 12.2 Å². The third-order valence-electron chi connectivity index (χ3n) is 6.47. The lowest BCUT2D eigenvalue weighted by molar-refractivity contribution is -0.0843. The highest BCUT2D eigenvalue weighted by Crippen LogP contribution is 2.59. The molecule has 140 valence electrons. The van der Waals surface area contributed by atoms with E-state index in [1.165, 1.54) is 6.33 Å². The SMILES string of the molecule is Nc1ncnc2c1ccn2[C@@H]1C[C@]2(C[C@@H](Cc3ccccn3)C2)[C@@H](O)[C@H]1O. The maximum absolute atomic E-state index is 10.8. The first kappa shape index (κ1) is 16.6. The van der Waals surface area contributed by atoms with Crippen LogP contribution in [0, 0.1) is 11.3 Å². The molecular formula is C20H23N5O2. The summed E-state index contributed by atoms with van der Waals surface area (Å²) in [6, 6.07) is 7.64. The van der Waals surface area contributed by atoms with Crippen LogP contribution < -0.4 is 5.73 Å². The number of nitrogens with zero attached hydrogens (tertiary/aromatic N) is 4. The van der Waals surface area contributed by atoms with E-state index in [0.29, 0.717) is 17.4 Å². The lowest BCUT2D eigenvalue weighted by Crippen LogP contribution is -2.46. The van der Waals surface area contributed by atoms with E-state index in [1.807, 2.05) is 41.2 Å². The molecule has 27 heavy (non-hydrogen) atoms. The van der Waals surface area contributed by atoms with Crippen molar-refractivity contribution in [2.45, 2.75) is 43.9 Å². The molecule has 3 heterocycles. The number of nitrogens with two attached hydrogens (primary N) is 1. The summed E-state index contributed by atoms with van der Waals surface area (Å²) in [7, 11) is 0. The van der Waals surface area contributed by atoms with Crippen molar-refractivity contribution in [1.82, 2.24) is 19.5 Å². The Kier molecular flexibility index (Phi) is 3.70. The van der Waals surface area contributed by atoms with Gasteiger partial charge < -0.3 is 20.5 Å². The van der Waals surface area contributed by atoms with Crippen molar-refractivity contribution in [3.05, 3.63) is 48.7 Å². The van der Waals surface area contributed by atoms with Crippen LogP contribution in [0.2, 0.25) is 0 Å². The second-order valence-corrected chi connectivity index (χ2v) is 8.09. The number of nitrogen functional groups attached to an aromatic ring is 1. The molecule has 2 aliphatic rings. The zero-order valence-electron chi connectivity index (χ0n) is 14.9. The van der Waals surface area contributed by atoms with Gasteiger partial charge in [-0.25, -0.2) is 9.97 Å². The molecule has 5 rings (SSSR count). The Morgan fingerprint density at radius 3 is 2.74 bits per heavy atom. The van der Waals surface area contributed by atoms with Gasteiger partial charge in [0.25, 0.3) is 0 Å². The van der Waals surface area contributed by atoms with Crippen molar-refractivity contribution in [2.24, 2.45) is 11.3 Å². The Hall–Kier alpha value is -2.51. The molecule has 0 aliphatic heterocycles. The predicted octanol–water partition coefficient (Wildman–Crippen LogP) is 1.71. The third kappa shape index (κ3) is 2.53. The zero-order chi connectivity index (χ0) is 18.6. The predicted molar refractivity (Wildman–Crippen MR) is 101 cm³/mol. The number of rotatable bonds is 3. The summed E-state index contributed by atoms with van der Waals surface area (Å²) in [6.07, 6.45) is 7.09.